The minimum absolute atomic E-state index is 0.265. The third-order valence-electron chi connectivity index (χ3n) is 2.69. The zero-order chi connectivity index (χ0) is 12.3. The number of hydrogen-bond acceptors (Lipinski definition) is 5. The van der Waals surface area contributed by atoms with Gasteiger partial charge < -0.3 is 5.32 Å². The molecular formula is C11H14N4OS. The molecule has 1 aliphatic rings. The van der Waals surface area contributed by atoms with Gasteiger partial charge in [0.05, 0.1) is 0 Å². The highest BCUT2D eigenvalue weighted by Gasteiger charge is 2.18. The Morgan fingerprint density at radius 3 is 2.82 bits per heavy atom. The Kier molecular flexibility index (Phi) is 3.69. The van der Waals surface area contributed by atoms with Gasteiger partial charge in [0.15, 0.2) is 0 Å². The van der Waals surface area contributed by atoms with Crippen molar-refractivity contribution in [2.45, 2.75) is 25.8 Å². The van der Waals surface area contributed by atoms with Crippen LogP contribution in [-0.2, 0) is 10.8 Å². The molecule has 1 aromatic rings. The van der Waals surface area contributed by atoms with E-state index >= 15 is 0 Å². The summed E-state index contributed by atoms with van der Waals surface area (Å²) in [6, 6.07) is 3.93. The Hall–Kier alpha value is -1.48. The van der Waals surface area contributed by atoms with E-state index in [1.165, 1.54) is 0 Å². The molecule has 0 atom stereocenters. The minimum atomic E-state index is -0.662. The second kappa shape index (κ2) is 5.23. The summed E-state index contributed by atoms with van der Waals surface area (Å²) < 4.78 is 11.2. The number of anilines is 1. The van der Waals surface area contributed by atoms with Crippen LogP contribution < -0.4 is 5.32 Å². The number of aryl methyl sites for hydroxylation is 1. The number of nitriles is 1. The van der Waals surface area contributed by atoms with Gasteiger partial charge in [-0.2, -0.15) is 5.26 Å². The monoisotopic (exact) mass is 250 g/mol. The molecule has 1 aromatic heterocycles. The van der Waals surface area contributed by atoms with E-state index in [9.17, 15) is 4.21 Å². The van der Waals surface area contributed by atoms with E-state index in [2.05, 4.69) is 15.3 Å². The van der Waals surface area contributed by atoms with Gasteiger partial charge in [0, 0.05) is 34.0 Å². The zero-order valence-corrected chi connectivity index (χ0v) is 10.5. The van der Waals surface area contributed by atoms with Crippen LogP contribution in [0.4, 0.5) is 5.95 Å². The molecule has 2 rings (SSSR count). The molecule has 0 spiro atoms. The predicted octanol–water partition coefficient (Wildman–Crippen LogP) is 0.980. The molecule has 1 aliphatic heterocycles. The third kappa shape index (κ3) is 3.24. The highest BCUT2D eigenvalue weighted by atomic mass is 32.2. The van der Waals surface area contributed by atoms with E-state index in [1.807, 2.05) is 13.0 Å². The van der Waals surface area contributed by atoms with Crippen molar-refractivity contribution in [2.24, 2.45) is 0 Å². The highest BCUT2D eigenvalue weighted by molar-refractivity contribution is 7.85. The van der Waals surface area contributed by atoms with Crippen LogP contribution in [0.3, 0.4) is 0 Å². The van der Waals surface area contributed by atoms with Crippen molar-refractivity contribution in [3.8, 4) is 6.07 Å². The normalized spacial score (nSPS) is 24.0. The van der Waals surface area contributed by atoms with Crippen molar-refractivity contribution in [2.75, 3.05) is 16.8 Å². The fourth-order valence-corrected chi connectivity index (χ4v) is 3.11. The lowest BCUT2D eigenvalue weighted by molar-refractivity contribution is 0.620. The average molecular weight is 250 g/mol. The first-order valence-electron chi connectivity index (χ1n) is 5.54. The van der Waals surface area contributed by atoms with Crippen LogP contribution in [0, 0.1) is 18.3 Å². The van der Waals surface area contributed by atoms with Crippen LogP contribution >= 0.6 is 0 Å². The van der Waals surface area contributed by atoms with Crippen LogP contribution in [0.25, 0.3) is 0 Å². The first kappa shape index (κ1) is 12.0. The molecule has 90 valence electrons. The fourth-order valence-electron chi connectivity index (χ4n) is 1.81. The Morgan fingerprint density at radius 1 is 1.47 bits per heavy atom. The van der Waals surface area contributed by atoms with E-state index in [-0.39, 0.29) is 6.04 Å². The molecular weight excluding hydrogens is 236 g/mol. The van der Waals surface area contributed by atoms with Gasteiger partial charge in [0.25, 0.3) is 0 Å². The summed E-state index contributed by atoms with van der Waals surface area (Å²) in [7, 11) is -0.662. The molecule has 5 nitrogen and oxygen atoms in total. The molecule has 0 unspecified atom stereocenters. The standard InChI is InChI=1S/C11H14N4OS/c1-8-6-10(7-12)15-11(13-8)14-9-2-4-17(16)5-3-9/h6,9H,2-5H2,1H3,(H,13,14,15). The molecule has 0 saturated carbocycles. The molecule has 17 heavy (non-hydrogen) atoms. The SMILES string of the molecule is Cc1cc(C#N)nc(NC2CCS(=O)CC2)n1. The van der Waals surface area contributed by atoms with Gasteiger partial charge in [-0.1, -0.05) is 0 Å². The molecule has 0 radical (unpaired) electrons. The second-order valence-electron chi connectivity index (χ2n) is 4.10. The molecule has 0 aliphatic carbocycles. The maximum Gasteiger partial charge on any atom is 0.224 e. The Balaban J connectivity index is 2.06. The molecule has 1 N–H and O–H groups in total. The largest absolute Gasteiger partial charge is 0.351 e. The van der Waals surface area contributed by atoms with Gasteiger partial charge >= 0.3 is 0 Å². The lowest BCUT2D eigenvalue weighted by Crippen LogP contribution is -2.30. The van der Waals surface area contributed by atoms with Gasteiger partial charge in [-0.15, -0.1) is 0 Å². The number of hydrogen-bond donors (Lipinski definition) is 1. The summed E-state index contributed by atoms with van der Waals surface area (Å²) in [5.74, 6) is 1.96. The van der Waals surface area contributed by atoms with Gasteiger partial charge in [0.2, 0.25) is 5.95 Å². The smallest absolute Gasteiger partial charge is 0.224 e. The molecule has 6 heteroatoms. The van der Waals surface area contributed by atoms with Gasteiger partial charge in [-0.3, -0.25) is 4.21 Å². The predicted molar refractivity (Wildman–Crippen MR) is 66.0 cm³/mol. The summed E-state index contributed by atoms with van der Waals surface area (Å²) >= 11 is 0. The summed E-state index contributed by atoms with van der Waals surface area (Å²) in [6.07, 6.45) is 1.73. The van der Waals surface area contributed by atoms with E-state index < -0.39 is 10.8 Å². The highest BCUT2D eigenvalue weighted by Crippen LogP contribution is 2.14. The number of nitrogens with zero attached hydrogens (tertiary/aromatic N) is 3. The van der Waals surface area contributed by atoms with E-state index in [0.29, 0.717) is 11.6 Å². The van der Waals surface area contributed by atoms with Crippen LogP contribution in [0.15, 0.2) is 6.07 Å². The van der Waals surface area contributed by atoms with E-state index in [4.69, 9.17) is 5.26 Å². The van der Waals surface area contributed by atoms with Gasteiger partial charge in [0.1, 0.15) is 11.8 Å². The fraction of sp³-hybridized carbons (Fsp3) is 0.545. The molecule has 2 heterocycles. The summed E-state index contributed by atoms with van der Waals surface area (Å²) in [5, 5.41) is 12.0. The Bertz CT molecular complexity index is 473. The van der Waals surface area contributed by atoms with Crippen molar-refractivity contribution in [1.82, 2.24) is 9.97 Å². The number of rotatable bonds is 2. The third-order valence-corrected chi connectivity index (χ3v) is 4.07. The summed E-state index contributed by atoms with van der Waals surface area (Å²) in [6.45, 7) is 1.84. The van der Waals surface area contributed by atoms with Crippen LogP contribution in [-0.4, -0.2) is 31.7 Å². The Labute approximate surface area is 103 Å². The maximum atomic E-state index is 11.2. The topological polar surface area (TPSA) is 78.7 Å². The molecule has 1 fully saturated rings. The lowest BCUT2D eigenvalue weighted by Gasteiger charge is -2.22. The summed E-state index contributed by atoms with van der Waals surface area (Å²) in [5.41, 5.74) is 1.15. The van der Waals surface area contributed by atoms with E-state index in [1.54, 1.807) is 6.07 Å². The van der Waals surface area contributed by atoms with Crippen LogP contribution in [0.2, 0.25) is 0 Å². The molecule has 0 amide bonds. The quantitative estimate of drug-likeness (QED) is 0.846. The van der Waals surface area contributed by atoms with Crippen molar-refractivity contribution in [3.05, 3.63) is 17.5 Å². The maximum absolute atomic E-state index is 11.2. The molecule has 0 aromatic carbocycles. The van der Waals surface area contributed by atoms with Crippen molar-refractivity contribution in [1.29, 1.82) is 5.26 Å². The van der Waals surface area contributed by atoms with Crippen LogP contribution in [0.1, 0.15) is 24.2 Å². The number of aromatic nitrogens is 2. The molecule has 1 saturated heterocycles. The average Bonchev–Trinajstić information content (AvgIpc) is 2.31. The first-order chi connectivity index (χ1) is 8.17. The summed E-state index contributed by atoms with van der Waals surface area (Å²) in [4.78, 5) is 8.35. The lowest BCUT2D eigenvalue weighted by atomic mass is 10.2. The number of nitrogens with one attached hydrogen (secondary N) is 1. The molecule has 0 bridgehead atoms. The van der Waals surface area contributed by atoms with Crippen LogP contribution in [0.5, 0.6) is 0 Å². The van der Waals surface area contributed by atoms with Crippen molar-refractivity contribution in [3.63, 3.8) is 0 Å². The van der Waals surface area contributed by atoms with Gasteiger partial charge in [-0.05, 0) is 25.8 Å². The zero-order valence-electron chi connectivity index (χ0n) is 9.64. The first-order valence-corrected chi connectivity index (χ1v) is 7.03. The minimum Gasteiger partial charge on any atom is -0.351 e. The van der Waals surface area contributed by atoms with E-state index in [0.717, 1.165) is 30.0 Å². The second-order valence-corrected chi connectivity index (χ2v) is 5.79. The Morgan fingerprint density at radius 2 is 2.18 bits per heavy atom. The van der Waals surface area contributed by atoms with Gasteiger partial charge in [-0.25, -0.2) is 9.97 Å². The van der Waals surface area contributed by atoms with Crippen molar-refractivity contribution < 1.29 is 4.21 Å². The van der Waals surface area contributed by atoms with Crippen molar-refractivity contribution >= 4 is 16.7 Å².